The summed E-state index contributed by atoms with van der Waals surface area (Å²) in [4.78, 5) is 33.3. The topological polar surface area (TPSA) is 161 Å². The van der Waals surface area contributed by atoms with Gasteiger partial charge in [-0.2, -0.15) is 0 Å². The second-order valence-electron chi connectivity index (χ2n) is 15.6. The molecular weight excluding hydrogens is 1940 g/mol. The third kappa shape index (κ3) is 11.9. The molecule has 1 unspecified atom stereocenters. The van der Waals surface area contributed by atoms with Crippen LogP contribution in [0.2, 0.25) is 0 Å². The van der Waals surface area contributed by atoms with E-state index in [9.17, 15) is 18.0 Å². The van der Waals surface area contributed by atoms with Crippen molar-refractivity contribution in [2.75, 3.05) is 18.8 Å². The Morgan fingerprint density at radius 1 is 0.738 bits per heavy atom. The Morgan fingerprint density at radius 3 is 1.78 bits per heavy atom. The van der Waals surface area contributed by atoms with Gasteiger partial charge in [0.25, 0.3) is 0 Å². The number of nitrogens with zero attached hydrogens (tertiary/aromatic N) is 4. The molecule has 3 aliphatic heterocycles. The predicted octanol–water partition coefficient (Wildman–Crippen LogP) is 13.2. The second-order valence-corrected chi connectivity index (χ2v) is 29.7. The van der Waals surface area contributed by atoms with Crippen molar-refractivity contribution in [2.24, 2.45) is 9.98 Å². The number of aryl methyl sites for hydroxylation is 2. The molecule has 0 aliphatic carbocycles. The fourth-order valence-corrected chi connectivity index (χ4v) is 19.3. The molecule has 0 saturated carbocycles. The Morgan fingerprint density at radius 2 is 1.25 bits per heavy atom. The number of carboxylic acid groups (broad SMARTS) is 2. The molecule has 1 fully saturated rings. The number of hydrogen-bond acceptors (Lipinski definition) is 6. The number of halogens is 9. The number of carboxylic acids is 1. The quantitative estimate of drug-likeness (QED) is 0.0365. The van der Waals surface area contributed by atoms with Crippen LogP contribution < -0.4 is 4.57 Å². The Bertz CT molecular complexity index is 2940. The summed E-state index contributed by atoms with van der Waals surface area (Å²) in [6.45, 7) is 10.4. The molecule has 1 aromatic heterocycles. The van der Waals surface area contributed by atoms with Gasteiger partial charge in [-0.1, -0.05) is 12.1 Å². The predicted molar refractivity (Wildman–Crippen MR) is 335 cm³/mol. The molecule has 3 aliphatic rings. The average Bonchev–Trinajstić information content (AvgIpc) is 3.80. The minimum atomic E-state index is -3.84. The maximum atomic E-state index is 11.1. The van der Waals surface area contributed by atoms with Crippen molar-refractivity contribution in [3.8, 4) is 0 Å². The molecule has 346 valence electrons. The van der Waals surface area contributed by atoms with Crippen LogP contribution in [0, 0.1) is 39.1 Å². The number of aromatic nitrogens is 1. The Balaban J connectivity index is 0.000000162. The van der Waals surface area contributed by atoms with Crippen LogP contribution in [-0.4, -0.2) is 84.9 Å². The number of rotatable bonds is 7. The molecule has 5 aromatic rings. The summed E-state index contributed by atoms with van der Waals surface area (Å²) in [5.41, 5.74) is 9.04. The van der Waals surface area contributed by atoms with E-state index in [4.69, 9.17) is 24.8 Å². The van der Waals surface area contributed by atoms with Crippen molar-refractivity contribution in [2.45, 2.75) is 70.8 Å². The van der Waals surface area contributed by atoms with E-state index >= 15 is 0 Å². The zero-order valence-corrected chi connectivity index (χ0v) is 56.6. The van der Waals surface area contributed by atoms with Crippen molar-refractivity contribution in [3.63, 3.8) is 0 Å². The van der Waals surface area contributed by atoms with Crippen LogP contribution in [-0.2, 0) is 27.5 Å². The van der Waals surface area contributed by atoms with Gasteiger partial charge in [0.15, 0.2) is 0 Å². The number of aromatic carboxylic acids is 1. The molecule has 0 radical (unpaired) electrons. The first-order valence-electron chi connectivity index (χ1n) is 19.5. The van der Waals surface area contributed by atoms with Crippen LogP contribution in [0.4, 0.5) is 16.2 Å². The monoisotopic (exact) mass is 1980 g/mol. The third-order valence-corrected chi connectivity index (χ3v) is 31.2. The van der Waals surface area contributed by atoms with Crippen molar-refractivity contribution in [1.82, 2.24) is 4.90 Å². The zero-order chi connectivity index (χ0) is 48.1. The van der Waals surface area contributed by atoms with Crippen LogP contribution in [0.1, 0.15) is 78.1 Å². The number of carbonyl (C=O) groups is 2. The average molecular weight is 1980 g/mol. The summed E-state index contributed by atoms with van der Waals surface area (Å²) in [7, 11) is -3.84. The number of aliphatic imine (C=N–C) groups is 2. The molecular formula is C43H38I9N4O7SSe+. The van der Waals surface area contributed by atoms with Crippen molar-refractivity contribution >= 4 is 273 Å². The first-order valence-corrected chi connectivity index (χ1v) is 32.6. The van der Waals surface area contributed by atoms with Crippen LogP contribution in [0.3, 0.4) is 0 Å². The number of likely N-dealkylation sites (tertiary alicyclic amines) is 1. The van der Waals surface area contributed by atoms with E-state index in [1.54, 1.807) is 12.1 Å². The van der Waals surface area contributed by atoms with Gasteiger partial charge in [-0.25, -0.2) is 9.59 Å². The van der Waals surface area contributed by atoms with Crippen molar-refractivity contribution in [1.29, 1.82) is 0 Å². The maximum absolute atomic E-state index is 11.1. The van der Waals surface area contributed by atoms with Gasteiger partial charge in [0.05, 0.1) is 22.4 Å². The Kier molecular flexibility index (Phi) is 19.6. The van der Waals surface area contributed by atoms with E-state index in [1.807, 2.05) is 19.1 Å². The van der Waals surface area contributed by atoms with E-state index in [2.05, 4.69) is 247 Å². The normalized spacial score (nSPS) is 17.2. The van der Waals surface area contributed by atoms with Gasteiger partial charge in [0.2, 0.25) is 0 Å². The van der Waals surface area contributed by atoms with E-state index in [1.165, 1.54) is 62.5 Å². The van der Waals surface area contributed by atoms with Gasteiger partial charge in [-0.05, 0) is 199 Å². The van der Waals surface area contributed by atoms with Crippen LogP contribution in [0.25, 0.3) is 9.78 Å². The standard InChI is InChI=1S/C17H12I3NO2.C14H13I3N2O2.C12H12I3NO3SSe/c1-8-17(2,10-5-3-9(4-6-10)16(22)23)13-12(21-8)7-11(18)14(19)15(13)20;1-7-14(2-4-19(5-3-14)13(20)21)10-9(18-7)6-8(15)11(16)12(10)17;1-7-16(4-2-3-5-20(17,18)19)9-6-8(13)10(14)11(15)12(9)21-7/h3-7H,1-2H3,(H,22,23);6H,2-5H2,1H3,(H,20,21);6H,2-5H2,1H3/p+1. The zero-order valence-electron chi connectivity index (χ0n) is 34.7. The van der Waals surface area contributed by atoms with E-state index in [0.29, 0.717) is 39.6 Å². The Labute approximate surface area is 506 Å². The molecule has 1 spiro atoms. The number of piperidine rings is 1. The first-order chi connectivity index (χ1) is 30.3. The summed E-state index contributed by atoms with van der Waals surface area (Å²) in [6.07, 6.45) is 2.09. The molecule has 4 heterocycles. The molecule has 22 heteroatoms. The van der Waals surface area contributed by atoms with Gasteiger partial charge >= 0.3 is 185 Å². The third-order valence-electron chi connectivity index (χ3n) is 11.9. The fraction of sp³-hybridized carbons (Fsp3) is 0.326. The molecule has 1 saturated heterocycles. The van der Waals surface area contributed by atoms with Crippen LogP contribution >= 0.6 is 203 Å². The van der Waals surface area contributed by atoms with Gasteiger partial charge in [0.1, 0.15) is 0 Å². The summed E-state index contributed by atoms with van der Waals surface area (Å²) < 4.78 is 46.7. The molecule has 3 N–H and O–H groups in total. The van der Waals surface area contributed by atoms with Crippen molar-refractivity contribution in [3.05, 3.63) is 101 Å². The molecule has 8 rings (SSSR count). The number of fused-ring (bicyclic) bond motifs is 4. The van der Waals surface area contributed by atoms with Gasteiger partial charge in [-0.3, -0.25) is 9.98 Å². The number of amides is 1. The molecule has 11 nitrogen and oxygen atoms in total. The van der Waals surface area contributed by atoms with E-state index < -0.39 is 22.2 Å². The molecule has 1 atom stereocenters. The minimum absolute atomic E-state index is 0.0674. The van der Waals surface area contributed by atoms with Crippen molar-refractivity contribution < 1.29 is 37.3 Å². The van der Waals surface area contributed by atoms with Gasteiger partial charge in [-0.15, -0.1) is 0 Å². The summed E-state index contributed by atoms with van der Waals surface area (Å²) >= 11 is 21.8. The molecule has 65 heavy (non-hydrogen) atoms. The van der Waals surface area contributed by atoms with Gasteiger partial charge in [0, 0.05) is 62.5 Å². The number of unbranched alkanes of at least 4 members (excludes halogenated alkanes) is 1. The van der Waals surface area contributed by atoms with E-state index in [-0.39, 0.29) is 16.6 Å². The summed E-state index contributed by atoms with van der Waals surface area (Å²) in [6, 6.07) is 13.6. The summed E-state index contributed by atoms with van der Waals surface area (Å²) in [5, 5.41) is 18.3. The fourth-order valence-electron chi connectivity index (χ4n) is 8.27. The molecule has 4 aromatic carbocycles. The van der Waals surface area contributed by atoms with E-state index in [0.717, 1.165) is 54.2 Å². The molecule has 0 bridgehead atoms. The van der Waals surface area contributed by atoms with Crippen LogP contribution in [0.5, 0.6) is 0 Å². The Hall–Kier alpha value is 1.63. The SMILES string of the molecule is CC1=Nc2cc(I)c(I)c(I)c2C1(C)c1ccc(C(=O)O)cc1.CC1=Nc2cc(I)c(I)c(I)c2C12CCN(C(=O)O)CC2.Cc1[se]c2c(I)c(I)c(I)cc2[n+]1CCCCS(=O)(=O)O. The number of benzene rings is 4. The van der Waals surface area contributed by atoms with Gasteiger partial charge < -0.3 is 15.1 Å². The number of hydrogen-bond donors (Lipinski definition) is 3. The first kappa shape index (κ1) is 55.9. The van der Waals surface area contributed by atoms with Crippen LogP contribution in [0.15, 0.2) is 52.4 Å². The summed E-state index contributed by atoms with van der Waals surface area (Å²) in [5.74, 6) is -1.06. The second kappa shape index (κ2) is 22.8. The molecule has 1 amide bonds.